The number of hydrogen-bond donors (Lipinski definition) is 0. The molecule has 4 heteroatoms. The van der Waals surface area contributed by atoms with Gasteiger partial charge in [-0.25, -0.2) is 4.74 Å². The number of ether oxygens (including phenoxy) is 1. The first-order valence-electron chi connectivity index (χ1n) is 9.82. The van der Waals surface area contributed by atoms with Crippen LogP contribution in [0.3, 0.4) is 0 Å². The van der Waals surface area contributed by atoms with Crippen molar-refractivity contribution >= 4 is 5.71 Å². The maximum absolute atomic E-state index is 13.0. The fraction of sp³-hybridized carbons (Fsp3) is 0.435. The van der Waals surface area contributed by atoms with Crippen molar-refractivity contribution in [3.05, 3.63) is 77.0 Å². The average molecular weight is 364 g/mol. The first kappa shape index (κ1) is 18.2. The van der Waals surface area contributed by atoms with Crippen molar-refractivity contribution in [2.24, 2.45) is 0 Å². The molecule has 2 aliphatic heterocycles. The van der Waals surface area contributed by atoms with E-state index in [1.807, 2.05) is 13.0 Å². The molecule has 27 heavy (non-hydrogen) atoms. The molecule has 1 unspecified atom stereocenters. The van der Waals surface area contributed by atoms with Crippen LogP contribution in [0.25, 0.3) is 0 Å². The molecule has 0 amide bonds. The topological polar surface area (TPSA) is 38.5 Å². The summed E-state index contributed by atoms with van der Waals surface area (Å²) in [7, 11) is 0. The van der Waals surface area contributed by atoms with Crippen molar-refractivity contribution in [1.29, 1.82) is 0 Å². The van der Waals surface area contributed by atoms with Gasteiger partial charge in [-0.1, -0.05) is 60.7 Å². The van der Waals surface area contributed by atoms with E-state index in [4.69, 9.17) is 4.74 Å². The van der Waals surface area contributed by atoms with Gasteiger partial charge in [0.2, 0.25) is 0 Å². The second-order valence-corrected chi connectivity index (χ2v) is 7.91. The minimum absolute atomic E-state index is 0.0627. The van der Waals surface area contributed by atoms with Crippen molar-refractivity contribution in [2.45, 2.75) is 31.2 Å². The first-order chi connectivity index (χ1) is 13.1. The molecule has 2 aromatic carbocycles. The molecule has 1 saturated heterocycles. The highest BCUT2D eigenvalue weighted by Gasteiger charge is 2.52. The highest BCUT2D eigenvalue weighted by atomic mass is 16.5. The Kier molecular flexibility index (Phi) is 5.02. The van der Waals surface area contributed by atoms with Crippen molar-refractivity contribution in [3.8, 4) is 0 Å². The molecule has 4 rings (SSSR count). The van der Waals surface area contributed by atoms with Crippen LogP contribution in [0.5, 0.6) is 0 Å². The Morgan fingerprint density at radius 2 is 1.52 bits per heavy atom. The van der Waals surface area contributed by atoms with Gasteiger partial charge in [0.15, 0.2) is 12.3 Å². The van der Waals surface area contributed by atoms with E-state index in [-0.39, 0.29) is 17.4 Å². The zero-order valence-corrected chi connectivity index (χ0v) is 16.2. The summed E-state index contributed by atoms with van der Waals surface area (Å²) < 4.78 is 6.83. The van der Waals surface area contributed by atoms with Gasteiger partial charge in [-0.3, -0.25) is 4.90 Å². The molecule has 0 radical (unpaired) electrons. The fourth-order valence-electron chi connectivity index (χ4n) is 4.95. The van der Waals surface area contributed by atoms with Crippen LogP contribution >= 0.6 is 0 Å². The number of morpholine rings is 1. The van der Waals surface area contributed by atoms with Crippen molar-refractivity contribution in [1.82, 2.24) is 4.90 Å². The normalized spacial score (nSPS) is 29.7. The second kappa shape index (κ2) is 7.45. The smallest absolute Gasteiger partial charge is 0.171 e. The van der Waals surface area contributed by atoms with Crippen LogP contribution in [-0.2, 0) is 4.74 Å². The van der Waals surface area contributed by atoms with Gasteiger partial charge in [-0.05, 0) is 18.1 Å². The fourth-order valence-corrected chi connectivity index (χ4v) is 4.95. The highest BCUT2D eigenvalue weighted by molar-refractivity contribution is 5.86. The van der Waals surface area contributed by atoms with Crippen LogP contribution < -0.4 is 0 Å². The maximum atomic E-state index is 13.0. The molecule has 2 heterocycles. The summed E-state index contributed by atoms with van der Waals surface area (Å²) >= 11 is 0. The van der Waals surface area contributed by atoms with E-state index in [1.54, 1.807) is 0 Å². The third-order valence-corrected chi connectivity index (χ3v) is 6.36. The Balaban J connectivity index is 1.88. The van der Waals surface area contributed by atoms with Gasteiger partial charge >= 0.3 is 0 Å². The van der Waals surface area contributed by atoms with E-state index < -0.39 is 0 Å². The molecule has 1 fully saturated rings. The van der Waals surface area contributed by atoms with Crippen LogP contribution in [0, 0.1) is 5.21 Å². The Bertz CT molecular complexity index is 800. The average Bonchev–Trinajstić information content (AvgIpc) is 2.72. The zero-order chi connectivity index (χ0) is 18.9. The first-order valence-corrected chi connectivity index (χ1v) is 9.82. The van der Waals surface area contributed by atoms with Gasteiger partial charge in [-0.2, -0.15) is 0 Å². The van der Waals surface area contributed by atoms with Crippen molar-refractivity contribution in [3.63, 3.8) is 0 Å². The molecule has 3 atom stereocenters. The predicted octanol–water partition coefficient (Wildman–Crippen LogP) is 3.63. The van der Waals surface area contributed by atoms with Crippen molar-refractivity contribution < 1.29 is 9.48 Å². The molecular weight excluding hydrogens is 336 g/mol. The monoisotopic (exact) mass is 364 g/mol. The molecule has 0 saturated carbocycles. The van der Waals surface area contributed by atoms with E-state index in [2.05, 4.69) is 66.4 Å². The quantitative estimate of drug-likeness (QED) is 0.617. The minimum atomic E-state index is -0.257. The van der Waals surface area contributed by atoms with Gasteiger partial charge in [-0.15, -0.1) is 0 Å². The van der Waals surface area contributed by atoms with Crippen LogP contribution in [0.2, 0.25) is 0 Å². The lowest BCUT2D eigenvalue weighted by Gasteiger charge is -2.51. The standard InChI is InChI=1S/C23H28N2O2/c1-18-21(19-9-5-3-6-10-19)22(20-11-7-4-8-12-20)23(2,17-25(18)26)24-13-15-27-16-14-24/h3-12,21-22H,13-17H2,1-2H3/t21-,22-,23?/m0/s1. The Morgan fingerprint density at radius 3 is 2.11 bits per heavy atom. The molecule has 4 nitrogen and oxygen atoms in total. The lowest BCUT2D eigenvalue weighted by molar-refractivity contribution is -0.484. The predicted molar refractivity (Wildman–Crippen MR) is 108 cm³/mol. The van der Waals surface area contributed by atoms with Crippen LogP contribution in [0.4, 0.5) is 0 Å². The summed E-state index contributed by atoms with van der Waals surface area (Å²) in [5.41, 5.74) is 3.16. The number of hydroxylamine groups is 1. The summed E-state index contributed by atoms with van der Waals surface area (Å²) in [6.45, 7) is 7.95. The van der Waals surface area contributed by atoms with Gasteiger partial charge < -0.3 is 9.94 Å². The summed E-state index contributed by atoms with van der Waals surface area (Å²) in [5.74, 6) is 0.275. The molecule has 0 N–H and O–H groups in total. The maximum Gasteiger partial charge on any atom is 0.171 e. The number of benzene rings is 2. The van der Waals surface area contributed by atoms with Crippen LogP contribution in [-0.4, -0.2) is 53.7 Å². The minimum Gasteiger partial charge on any atom is -0.624 e. The van der Waals surface area contributed by atoms with E-state index in [1.165, 1.54) is 15.9 Å². The SMILES string of the molecule is CC1=[N+]([O-])CC(C)(N2CCOCC2)[C@@H](c2ccccc2)[C@@H]1c1ccccc1. The van der Waals surface area contributed by atoms with Crippen LogP contribution in [0.15, 0.2) is 60.7 Å². The molecule has 0 aromatic heterocycles. The van der Waals surface area contributed by atoms with E-state index in [0.717, 1.165) is 32.0 Å². The van der Waals surface area contributed by atoms with Gasteiger partial charge in [0.1, 0.15) is 0 Å². The third kappa shape index (κ3) is 3.28. The molecular formula is C23H28N2O2. The summed E-state index contributed by atoms with van der Waals surface area (Å²) in [4.78, 5) is 2.47. The zero-order valence-electron chi connectivity index (χ0n) is 16.2. The van der Waals surface area contributed by atoms with Crippen molar-refractivity contribution in [2.75, 3.05) is 32.8 Å². The van der Waals surface area contributed by atoms with Gasteiger partial charge in [0.05, 0.1) is 24.7 Å². The molecule has 142 valence electrons. The van der Waals surface area contributed by atoms with Gasteiger partial charge in [0.25, 0.3) is 0 Å². The van der Waals surface area contributed by atoms with Crippen LogP contribution in [0.1, 0.15) is 36.8 Å². The summed E-state index contributed by atoms with van der Waals surface area (Å²) in [6.07, 6.45) is 0. The Hall–Kier alpha value is -2.17. The molecule has 0 spiro atoms. The van der Waals surface area contributed by atoms with E-state index in [9.17, 15) is 5.21 Å². The summed E-state index contributed by atoms with van der Waals surface area (Å²) in [5, 5.41) is 13.0. The molecule has 2 aromatic rings. The Labute approximate surface area is 161 Å². The third-order valence-electron chi connectivity index (χ3n) is 6.36. The van der Waals surface area contributed by atoms with E-state index >= 15 is 0 Å². The number of hydrogen-bond acceptors (Lipinski definition) is 3. The number of rotatable bonds is 3. The number of nitrogens with zero attached hydrogens (tertiary/aromatic N) is 2. The largest absolute Gasteiger partial charge is 0.624 e. The molecule has 0 bridgehead atoms. The lowest BCUT2D eigenvalue weighted by Crippen LogP contribution is -2.62. The van der Waals surface area contributed by atoms with E-state index in [0.29, 0.717) is 6.54 Å². The second-order valence-electron chi connectivity index (χ2n) is 7.91. The molecule has 0 aliphatic carbocycles. The molecule has 2 aliphatic rings. The summed E-state index contributed by atoms with van der Waals surface area (Å²) in [6, 6.07) is 21.2. The lowest BCUT2D eigenvalue weighted by atomic mass is 9.66. The van der Waals surface area contributed by atoms with Gasteiger partial charge in [0, 0.05) is 25.9 Å². The Morgan fingerprint density at radius 1 is 0.963 bits per heavy atom. The highest BCUT2D eigenvalue weighted by Crippen LogP contribution is 2.47.